The summed E-state index contributed by atoms with van der Waals surface area (Å²) in [5, 5.41) is 3.45. The average Bonchev–Trinajstić information content (AvgIpc) is 2.60. The minimum absolute atomic E-state index is 0. The van der Waals surface area contributed by atoms with E-state index < -0.39 is 0 Å². The van der Waals surface area contributed by atoms with Crippen molar-refractivity contribution in [1.29, 1.82) is 0 Å². The van der Waals surface area contributed by atoms with Crippen LogP contribution in [0.15, 0.2) is 24.3 Å². The van der Waals surface area contributed by atoms with Gasteiger partial charge < -0.3 is 18.3 Å². The SMILES string of the molecule is CB1NC2c3ccccc3CC2O1.[B-].[Li+]. The molecule has 0 spiro atoms. The summed E-state index contributed by atoms with van der Waals surface area (Å²) >= 11 is 0. The summed E-state index contributed by atoms with van der Waals surface area (Å²) in [7, 11) is 0.211. The monoisotopic (exact) mass is 191 g/mol. The molecule has 1 heterocycles. The van der Waals surface area contributed by atoms with Crippen LogP contribution in [0.1, 0.15) is 17.2 Å². The van der Waals surface area contributed by atoms with Crippen molar-refractivity contribution in [2.75, 3.05) is 0 Å². The molecule has 1 N–H and O–H groups in total. The molecule has 0 bridgehead atoms. The second-order valence-electron chi connectivity index (χ2n) is 3.86. The van der Waals surface area contributed by atoms with E-state index in [-0.39, 0.29) is 34.3 Å². The Morgan fingerprint density at radius 2 is 2.13 bits per heavy atom. The van der Waals surface area contributed by atoms with Crippen LogP contribution in [0.2, 0.25) is 6.82 Å². The van der Waals surface area contributed by atoms with Crippen LogP contribution in [0.5, 0.6) is 0 Å². The van der Waals surface area contributed by atoms with Crippen LogP contribution in [0.4, 0.5) is 0 Å². The van der Waals surface area contributed by atoms with Gasteiger partial charge in [-0.15, -0.1) is 0 Å². The van der Waals surface area contributed by atoms with Crippen molar-refractivity contribution in [2.24, 2.45) is 0 Å². The summed E-state index contributed by atoms with van der Waals surface area (Å²) < 4.78 is 5.76. The molecule has 0 amide bonds. The molecule has 2 aliphatic rings. The van der Waals surface area contributed by atoms with Crippen LogP contribution in [0.3, 0.4) is 0 Å². The van der Waals surface area contributed by atoms with Crippen LogP contribution in [0.25, 0.3) is 0 Å². The van der Waals surface area contributed by atoms with Gasteiger partial charge in [-0.1, -0.05) is 24.3 Å². The van der Waals surface area contributed by atoms with Crippen LogP contribution in [-0.4, -0.2) is 21.6 Å². The summed E-state index contributed by atoms with van der Waals surface area (Å²) in [5.41, 5.74) is 2.87. The molecule has 1 aliphatic heterocycles. The fraction of sp³-hybridized carbons (Fsp3) is 0.400. The van der Waals surface area contributed by atoms with Crippen LogP contribution < -0.4 is 24.1 Å². The van der Waals surface area contributed by atoms with Gasteiger partial charge in [0.05, 0.1) is 6.10 Å². The second-order valence-corrected chi connectivity index (χ2v) is 3.86. The van der Waals surface area contributed by atoms with Crippen LogP contribution in [0, 0.1) is 0 Å². The van der Waals surface area contributed by atoms with E-state index in [4.69, 9.17) is 4.65 Å². The maximum Gasteiger partial charge on any atom is 1.00 e. The second kappa shape index (κ2) is 4.80. The molecule has 1 fully saturated rings. The normalized spacial score (nSPS) is 26.3. The molecule has 2 atom stereocenters. The molecular formula is C10H12B2LiNO. The third-order valence-corrected chi connectivity index (χ3v) is 2.98. The van der Waals surface area contributed by atoms with Crippen molar-refractivity contribution in [3.63, 3.8) is 0 Å². The Labute approximate surface area is 105 Å². The van der Waals surface area contributed by atoms with Gasteiger partial charge >= 0.3 is 25.9 Å². The summed E-state index contributed by atoms with van der Waals surface area (Å²) in [4.78, 5) is 0. The third kappa shape index (κ3) is 2.05. The first-order valence-electron chi connectivity index (χ1n) is 4.84. The smallest absolute Gasteiger partial charge is 1.00 e. The molecule has 1 aliphatic carbocycles. The number of benzene rings is 1. The molecule has 1 aromatic carbocycles. The van der Waals surface area contributed by atoms with E-state index in [0.717, 1.165) is 6.42 Å². The molecule has 1 saturated heterocycles. The first kappa shape index (κ1) is 12.9. The van der Waals surface area contributed by atoms with E-state index in [1.54, 1.807) is 0 Å². The number of nitrogens with one attached hydrogen (secondary N) is 1. The summed E-state index contributed by atoms with van der Waals surface area (Å²) in [6.07, 6.45) is 1.44. The predicted octanol–water partition coefficient (Wildman–Crippen LogP) is -1.99. The fourth-order valence-electron chi connectivity index (χ4n) is 2.44. The van der Waals surface area contributed by atoms with Gasteiger partial charge in [-0.25, -0.2) is 0 Å². The van der Waals surface area contributed by atoms with Crippen molar-refractivity contribution in [3.05, 3.63) is 35.4 Å². The zero-order valence-electron chi connectivity index (χ0n) is 9.23. The molecule has 0 saturated carbocycles. The number of hydrogen-bond donors (Lipinski definition) is 1. The van der Waals surface area contributed by atoms with E-state index in [0.29, 0.717) is 12.1 Å². The van der Waals surface area contributed by atoms with Crippen molar-refractivity contribution < 1.29 is 23.5 Å². The predicted molar refractivity (Wildman–Crippen MR) is 58.3 cm³/mol. The number of rotatable bonds is 0. The summed E-state index contributed by atoms with van der Waals surface area (Å²) in [5.74, 6) is 0. The van der Waals surface area contributed by atoms with E-state index in [1.807, 2.05) is 0 Å². The van der Waals surface area contributed by atoms with E-state index in [2.05, 4.69) is 36.3 Å². The Morgan fingerprint density at radius 3 is 2.93 bits per heavy atom. The molecular weight excluding hydrogens is 179 g/mol. The van der Waals surface area contributed by atoms with Crippen molar-refractivity contribution in [3.8, 4) is 0 Å². The maximum absolute atomic E-state index is 5.76. The molecule has 5 heteroatoms. The third-order valence-electron chi connectivity index (χ3n) is 2.98. The zero-order chi connectivity index (χ0) is 8.84. The number of hydrogen-bond acceptors (Lipinski definition) is 2. The average molecular weight is 191 g/mol. The minimum Gasteiger partial charge on any atom is -1.00 e. The van der Waals surface area contributed by atoms with Crippen molar-refractivity contribution >= 4 is 15.5 Å². The molecule has 1 aromatic rings. The van der Waals surface area contributed by atoms with Crippen molar-refractivity contribution in [1.82, 2.24) is 5.23 Å². The van der Waals surface area contributed by atoms with Gasteiger partial charge in [0.25, 0.3) is 0 Å². The molecule has 0 aromatic heterocycles. The van der Waals surface area contributed by atoms with Crippen molar-refractivity contribution in [2.45, 2.75) is 25.4 Å². The number of fused-ring (bicyclic) bond motifs is 3. The van der Waals surface area contributed by atoms with Gasteiger partial charge in [0, 0.05) is 6.04 Å². The van der Waals surface area contributed by atoms with E-state index in [9.17, 15) is 0 Å². The van der Waals surface area contributed by atoms with Gasteiger partial charge in [-0.3, -0.25) is 0 Å². The summed E-state index contributed by atoms with van der Waals surface area (Å²) in [6.45, 7) is 2.07. The van der Waals surface area contributed by atoms with Gasteiger partial charge in [-0.05, 0) is 24.4 Å². The topological polar surface area (TPSA) is 21.3 Å². The first-order valence-corrected chi connectivity index (χ1v) is 4.84. The summed E-state index contributed by atoms with van der Waals surface area (Å²) in [6, 6.07) is 9.04. The molecule has 2 nitrogen and oxygen atoms in total. The zero-order valence-corrected chi connectivity index (χ0v) is 9.23. The van der Waals surface area contributed by atoms with Gasteiger partial charge in [0.1, 0.15) is 0 Å². The Hall–Kier alpha value is -0.133. The van der Waals surface area contributed by atoms with E-state index >= 15 is 0 Å². The van der Waals surface area contributed by atoms with Gasteiger partial charge in [0.2, 0.25) is 0 Å². The molecule has 70 valence electrons. The minimum atomic E-state index is 0. The van der Waals surface area contributed by atoms with Gasteiger partial charge in [0.15, 0.2) is 0 Å². The first-order chi connectivity index (χ1) is 6.34. The van der Waals surface area contributed by atoms with Crippen LogP contribution >= 0.6 is 0 Å². The Balaban J connectivity index is 0.000000562. The van der Waals surface area contributed by atoms with Gasteiger partial charge in [-0.2, -0.15) is 0 Å². The standard InChI is InChI=1S/C10H12BNO.B.Li/c1-11-12-10-8-5-3-2-4-7(8)6-9(10)13-11;;/h2-5,9-10,12H,6H2,1H3;;/q;-1;+1. The Kier molecular flexibility index (Phi) is 4.14. The Bertz CT molecular complexity index is 350. The molecule has 2 unspecified atom stereocenters. The molecule has 3 rings (SSSR count). The molecule has 15 heavy (non-hydrogen) atoms. The van der Waals surface area contributed by atoms with Crippen LogP contribution in [-0.2, 0) is 11.1 Å². The van der Waals surface area contributed by atoms with E-state index in [1.165, 1.54) is 11.1 Å². The maximum atomic E-state index is 5.76. The molecule has 4 radical (unpaired) electrons. The largest absolute Gasteiger partial charge is 1.00 e. The fourth-order valence-corrected chi connectivity index (χ4v) is 2.44. The quantitative estimate of drug-likeness (QED) is 0.479. The Morgan fingerprint density at radius 1 is 1.40 bits per heavy atom.